The van der Waals surface area contributed by atoms with E-state index in [1.54, 1.807) is 0 Å². The maximum absolute atomic E-state index is 14.2. The van der Waals surface area contributed by atoms with Gasteiger partial charge in [0.05, 0.1) is 13.2 Å². The van der Waals surface area contributed by atoms with Crippen molar-refractivity contribution >= 4 is 5.91 Å². The predicted molar refractivity (Wildman–Crippen MR) is 95.6 cm³/mol. The highest BCUT2D eigenvalue weighted by Gasteiger charge is 2.54. The largest absolute Gasteiger partial charge is 0.497 e. The Labute approximate surface area is 156 Å². The Hall–Kier alpha value is -2.47. The molecule has 4 rings (SSSR count). The monoisotopic (exact) mass is 373 g/mol. The van der Waals surface area contributed by atoms with Gasteiger partial charge in [-0.15, -0.1) is 0 Å². The maximum atomic E-state index is 14.2. The summed E-state index contributed by atoms with van der Waals surface area (Å²) in [7, 11) is 1.32. The summed E-state index contributed by atoms with van der Waals surface area (Å²) in [5.41, 5.74) is 0.578. The summed E-state index contributed by atoms with van der Waals surface area (Å²) in [5.74, 6) is -2.28. The molecular formula is C21H21F2NO3. The topological polar surface area (TPSA) is 47.6 Å². The van der Waals surface area contributed by atoms with Crippen LogP contribution < -0.4 is 10.1 Å². The third kappa shape index (κ3) is 3.30. The van der Waals surface area contributed by atoms with Crippen molar-refractivity contribution in [2.24, 2.45) is 11.8 Å². The van der Waals surface area contributed by atoms with Gasteiger partial charge in [-0.1, -0.05) is 30.3 Å². The second-order valence-corrected chi connectivity index (χ2v) is 7.11. The molecule has 4 nitrogen and oxygen atoms in total. The molecule has 1 saturated carbocycles. The second kappa shape index (κ2) is 7.27. The Balaban J connectivity index is 1.53. The number of hydrogen-bond acceptors (Lipinski definition) is 3. The van der Waals surface area contributed by atoms with Crippen LogP contribution >= 0.6 is 0 Å². The molecule has 6 heteroatoms. The molecule has 2 aromatic rings. The Kier molecular flexibility index (Phi) is 4.83. The molecule has 1 aliphatic carbocycles. The van der Waals surface area contributed by atoms with Crippen LogP contribution in [-0.4, -0.2) is 31.8 Å². The first-order valence-electron chi connectivity index (χ1n) is 9.08. The van der Waals surface area contributed by atoms with Crippen LogP contribution in [0.15, 0.2) is 42.5 Å². The maximum Gasteiger partial charge on any atom is 0.257 e. The van der Waals surface area contributed by atoms with Crippen LogP contribution in [0.25, 0.3) is 0 Å². The van der Waals surface area contributed by atoms with Crippen LogP contribution in [0.2, 0.25) is 0 Å². The third-order valence-electron chi connectivity index (χ3n) is 5.62. The van der Waals surface area contributed by atoms with Gasteiger partial charge in [-0.2, -0.15) is 0 Å². The molecule has 1 aliphatic heterocycles. The van der Waals surface area contributed by atoms with Crippen molar-refractivity contribution in [3.05, 3.63) is 65.2 Å². The molecule has 1 saturated heterocycles. The first-order valence-corrected chi connectivity index (χ1v) is 9.08. The average Bonchev–Trinajstić information content (AvgIpc) is 3.09. The molecule has 2 fully saturated rings. The van der Waals surface area contributed by atoms with Crippen molar-refractivity contribution in [1.29, 1.82) is 0 Å². The lowest BCUT2D eigenvalue weighted by atomic mass is 9.64. The van der Waals surface area contributed by atoms with Crippen molar-refractivity contribution in [3.63, 3.8) is 0 Å². The molecule has 0 aromatic heterocycles. The lowest BCUT2D eigenvalue weighted by molar-refractivity contribution is -0.0528. The zero-order chi connectivity index (χ0) is 19.0. The standard InChI is InChI=1S/C21H21F2NO3/c1-26-13-10-16(22)18(17(23)11-13)21(25)24-19-14-7-8-27-20(14)15(19)9-12-5-3-2-4-6-12/h2-6,10-11,14-15,19-20H,7-9H2,1H3,(H,24,25)/t14-,15+,19-,20-/m1/s1. The summed E-state index contributed by atoms with van der Waals surface area (Å²) in [5, 5.41) is 2.85. The smallest absolute Gasteiger partial charge is 0.257 e. The van der Waals surface area contributed by atoms with E-state index >= 15 is 0 Å². The molecule has 2 aromatic carbocycles. The number of rotatable bonds is 5. The fourth-order valence-electron chi connectivity index (χ4n) is 4.28. The highest BCUT2D eigenvalue weighted by Crippen LogP contribution is 2.45. The normalized spacial score (nSPS) is 26.2. The van der Waals surface area contributed by atoms with Gasteiger partial charge in [-0.05, 0) is 18.4 Å². The van der Waals surface area contributed by atoms with Crippen LogP contribution in [0, 0.1) is 23.5 Å². The van der Waals surface area contributed by atoms with Gasteiger partial charge in [-0.25, -0.2) is 8.78 Å². The highest BCUT2D eigenvalue weighted by atomic mass is 19.1. The Morgan fingerprint density at radius 2 is 1.93 bits per heavy atom. The average molecular weight is 373 g/mol. The molecule has 0 unspecified atom stereocenters. The van der Waals surface area contributed by atoms with Gasteiger partial charge >= 0.3 is 0 Å². The molecule has 0 spiro atoms. The number of amides is 1. The van der Waals surface area contributed by atoms with E-state index in [0.29, 0.717) is 6.61 Å². The van der Waals surface area contributed by atoms with Crippen molar-refractivity contribution < 1.29 is 23.0 Å². The van der Waals surface area contributed by atoms with Crippen LogP contribution in [0.4, 0.5) is 8.78 Å². The number of halogens is 2. The van der Waals surface area contributed by atoms with Crippen molar-refractivity contribution in [1.82, 2.24) is 5.32 Å². The van der Waals surface area contributed by atoms with Gasteiger partial charge in [0, 0.05) is 36.6 Å². The fourth-order valence-corrected chi connectivity index (χ4v) is 4.28. The first-order chi connectivity index (χ1) is 13.1. The van der Waals surface area contributed by atoms with Crippen LogP contribution in [0.1, 0.15) is 22.3 Å². The van der Waals surface area contributed by atoms with Gasteiger partial charge in [0.2, 0.25) is 0 Å². The zero-order valence-electron chi connectivity index (χ0n) is 15.0. The number of hydrogen-bond donors (Lipinski definition) is 1. The molecule has 1 N–H and O–H groups in total. The van der Waals surface area contributed by atoms with Gasteiger partial charge in [0.1, 0.15) is 22.9 Å². The molecule has 0 radical (unpaired) electrons. The Morgan fingerprint density at radius 1 is 1.22 bits per heavy atom. The quantitative estimate of drug-likeness (QED) is 0.874. The summed E-state index contributed by atoms with van der Waals surface area (Å²) >= 11 is 0. The molecule has 27 heavy (non-hydrogen) atoms. The minimum Gasteiger partial charge on any atom is -0.497 e. The Morgan fingerprint density at radius 3 is 2.59 bits per heavy atom. The van der Waals surface area contributed by atoms with Crippen molar-refractivity contribution in [3.8, 4) is 5.75 Å². The third-order valence-corrected chi connectivity index (χ3v) is 5.62. The molecule has 1 heterocycles. The van der Waals surface area contributed by atoms with E-state index in [-0.39, 0.29) is 29.7 Å². The van der Waals surface area contributed by atoms with E-state index in [2.05, 4.69) is 5.32 Å². The van der Waals surface area contributed by atoms with E-state index in [9.17, 15) is 13.6 Å². The molecule has 0 bridgehead atoms. The van der Waals surface area contributed by atoms with E-state index in [1.807, 2.05) is 30.3 Å². The lowest BCUT2D eigenvalue weighted by Crippen LogP contribution is -2.62. The number of nitrogens with one attached hydrogen (secondary N) is 1. The molecule has 4 atom stereocenters. The minimum atomic E-state index is -0.928. The summed E-state index contributed by atoms with van der Waals surface area (Å²) in [4.78, 5) is 12.6. The van der Waals surface area contributed by atoms with Crippen molar-refractivity contribution in [2.75, 3.05) is 13.7 Å². The van der Waals surface area contributed by atoms with Crippen molar-refractivity contribution in [2.45, 2.75) is 25.0 Å². The molecular weight excluding hydrogens is 352 g/mol. The lowest BCUT2D eigenvalue weighted by Gasteiger charge is -2.48. The number of carbonyl (C=O) groups excluding carboxylic acids is 1. The number of fused-ring (bicyclic) bond motifs is 1. The van der Waals surface area contributed by atoms with Gasteiger partial charge in [0.15, 0.2) is 0 Å². The van der Waals surface area contributed by atoms with E-state index in [1.165, 1.54) is 7.11 Å². The summed E-state index contributed by atoms with van der Waals surface area (Å²) in [6, 6.07) is 11.8. The number of carbonyl (C=O) groups is 1. The van der Waals surface area contributed by atoms with Crippen LogP contribution in [0.3, 0.4) is 0 Å². The number of benzene rings is 2. The van der Waals surface area contributed by atoms with Gasteiger partial charge in [0.25, 0.3) is 5.91 Å². The SMILES string of the molecule is COc1cc(F)c(C(=O)N[C@@H]2[C@H]3CCO[C@H]3[C@H]2Cc2ccccc2)c(F)c1. The zero-order valence-corrected chi connectivity index (χ0v) is 15.0. The van der Waals surface area contributed by atoms with Gasteiger partial charge in [-0.3, -0.25) is 4.79 Å². The molecule has 1 amide bonds. The second-order valence-electron chi connectivity index (χ2n) is 7.11. The molecule has 2 aliphatic rings. The summed E-state index contributed by atoms with van der Waals surface area (Å²) in [6.07, 6.45) is 1.68. The van der Waals surface area contributed by atoms with Gasteiger partial charge < -0.3 is 14.8 Å². The minimum absolute atomic E-state index is 0.0383. The highest BCUT2D eigenvalue weighted by molar-refractivity contribution is 5.95. The number of methoxy groups -OCH3 is 1. The van der Waals surface area contributed by atoms with Crippen LogP contribution in [-0.2, 0) is 11.2 Å². The summed E-state index contributed by atoms with van der Waals surface area (Å²) < 4.78 is 39.1. The van der Waals surface area contributed by atoms with E-state index in [4.69, 9.17) is 9.47 Å². The molecule has 142 valence electrons. The van der Waals surface area contributed by atoms with E-state index < -0.39 is 23.1 Å². The Bertz CT molecular complexity index is 820. The fraction of sp³-hybridized carbons (Fsp3) is 0.381. The predicted octanol–water partition coefficient (Wildman–Crippen LogP) is 3.35. The van der Waals surface area contributed by atoms with Crippen LogP contribution in [0.5, 0.6) is 5.75 Å². The van der Waals surface area contributed by atoms with E-state index in [0.717, 1.165) is 30.5 Å². The summed E-state index contributed by atoms with van der Waals surface area (Å²) in [6.45, 7) is 0.651. The number of ether oxygens (including phenoxy) is 2. The first kappa shape index (κ1) is 17.9.